The zero-order valence-electron chi connectivity index (χ0n) is 17.8. The maximum Gasteiger partial charge on any atom is 0.323 e. The first-order valence-corrected chi connectivity index (χ1v) is 11.4. The van der Waals surface area contributed by atoms with Crippen molar-refractivity contribution in [3.8, 4) is 0 Å². The lowest BCUT2D eigenvalue weighted by Gasteiger charge is -2.23. The van der Waals surface area contributed by atoms with Crippen LogP contribution >= 0.6 is 8.18 Å². The van der Waals surface area contributed by atoms with E-state index in [0.29, 0.717) is 11.2 Å². The minimum Gasteiger partial charge on any atom is -0.462 e. The minimum atomic E-state index is -2.78. The highest BCUT2D eigenvalue weighted by atomic mass is 31.1. The van der Waals surface area contributed by atoms with Crippen LogP contribution in [0, 0.1) is 11.8 Å². The van der Waals surface area contributed by atoms with Gasteiger partial charge in [0.25, 0.3) is 8.18 Å². The van der Waals surface area contributed by atoms with E-state index in [1.54, 1.807) is 18.4 Å². The van der Waals surface area contributed by atoms with Crippen molar-refractivity contribution in [1.29, 1.82) is 0 Å². The molecule has 7 atom stereocenters. The Balaban J connectivity index is 1.66. The molecule has 1 aliphatic carbocycles. The Morgan fingerprint density at radius 2 is 2.00 bits per heavy atom. The Hall–Kier alpha value is -2.11. The van der Waals surface area contributed by atoms with Crippen LogP contribution in [0.2, 0.25) is 0 Å². The molecule has 0 radical (unpaired) electrons. The van der Waals surface area contributed by atoms with Crippen LogP contribution in [0.5, 0.6) is 0 Å². The van der Waals surface area contributed by atoms with Crippen LogP contribution in [0.15, 0.2) is 12.7 Å². The van der Waals surface area contributed by atoms with Gasteiger partial charge in [-0.25, -0.2) is 20.0 Å². The molecule has 2 unspecified atom stereocenters. The molecule has 0 amide bonds. The molecule has 2 heterocycles. The maximum absolute atomic E-state index is 12.3. The number of carbonyl (C=O) groups is 1. The van der Waals surface area contributed by atoms with Crippen LogP contribution in [0.1, 0.15) is 33.7 Å². The SMILES string of the molecule is CC(C)OC(=O)[C@H](C)N[PH](=O)OC[C@H]1C(C)[C@@H](n2cnc3c(N)ncnc32)[C@H](O)[C@@H]1O. The fourth-order valence-electron chi connectivity index (χ4n) is 3.87. The van der Waals surface area contributed by atoms with Crippen LogP contribution in [0.4, 0.5) is 5.82 Å². The second kappa shape index (κ2) is 9.58. The smallest absolute Gasteiger partial charge is 0.323 e. The molecule has 0 aromatic carbocycles. The largest absolute Gasteiger partial charge is 0.462 e. The normalized spacial score (nSPS) is 28.2. The summed E-state index contributed by atoms with van der Waals surface area (Å²) in [4.78, 5) is 24.2. The number of hydrogen-bond acceptors (Lipinski definition) is 10. The molecule has 1 aliphatic rings. The molecule has 2 aromatic heterocycles. The van der Waals surface area contributed by atoms with Gasteiger partial charge in [0.1, 0.15) is 24.0 Å². The average Bonchev–Trinajstić information content (AvgIpc) is 3.20. The summed E-state index contributed by atoms with van der Waals surface area (Å²) in [5, 5.41) is 23.9. The Labute approximate surface area is 180 Å². The maximum atomic E-state index is 12.3. The van der Waals surface area contributed by atoms with E-state index in [-0.39, 0.29) is 24.4 Å². The van der Waals surface area contributed by atoms with Gasteiger partial charge in [-0.3, -0.25) is 9.36 Å². The van der Waals surface area contributed by atoms with Gasteiger partial charge in [-0.05, 0) is 26.7 Å². The molecule has 5 N–H and O–H groups in total. The molecule has 0 saturated heterocycles. The van der Waals surface area contributed by atoms with Gasteiger partial charge in [-0.15, -0.1) is 0 Å². The molecule has 3 rings (SSSR count). The van der Waals surface area contributed by atoms with Crippen molar-refractivity contribution in [1.82, 2.24) is 24.6 Å². The van der Waals surface area contributed by atoms with Gasteiger partial charge >= 0.3 is 5.97 Å². The van der Waals surface area contributed by atoms with E-state index in [9.17, 15) is 19.6 Å². The van der Waals surface area contributed by atoms with Crippen molar-refractivity contribution >= 4 is 31.1 Å². The van der Waals surface area contributed by atoms with Crippen molar-refractivity contribution in [2.24, 2.45) is 11.8 Å². The second-order valence-corrected chi connectivity index (χ2v) is 9.18. The molecule has 13 heteroatoms. The number of nitrogen functional groups attached to an aromatic ring is 1. The molecule has 31 heavy (non-hydrogen) atoms. The van der Waals surface area contributed by atoms with Crippen LogP contribution in [-0.4, -0.2) is 66.7 Å². The highest BCUT2D eigenvalue weighted by molar-refractivity contribution is 7.36. The molecule has 172 valence electrons. The number of fused-ring (bicyclic) bond motifs is 1. The summed E-state index contributed by atoms with van der Waals surface area (Å²) in [6, 6.07) is -1.35. The van der Waals surface area contributed by atoms with E-state index >= 15 is 0 Å². The lowest BCUT2D eigenvalue weighted by Crippen LogP contribution is -2.33. The molecule has 0 bridgehead atoms. The van der Waals surface area contributed by atoms with Crippen molar-refractivity contribution < 1.29 is 28.8 Å². The Morgan fingerprint density at radius 1 is 1.29 bits per heavy atom. The molecular formula is C18H29N6O6P. The highest BCUT2D eigenvalue weighted by Gasteiger charge is 2.48. The Bertz CT molecular complexity index is 955. The lowest BCUT2D eigenvalue weighted by atomic mass is 9.95. The van der Waals surface area contributed by atoms with Crippen LogP contribution in [0.25, 0.3) is 11.2 Å². The molecule has 1 fully saturated rings. The topological polar surface area (TPSA) is 175 Å². The minimum absolute atomic E-state index is 0.0730. The molecule has 0 spiro atoms. The summed E-state index contributed by atoms with van der Waals surface area (Å²) in [5.74, 6) is -1.09. The summed E-state index contributed by atoms with van der Waals surface area (Å²) in [6.07, 6.45) is 0.292. The van der Waals surface area contributed by atoms with Gasteiger partial charge in [-0.2, -0.15) is 0 Å². The zero-order chi connectivity index (χ0) is 22.9. The fraction of sp³-hybridized carbons (Fsp3) is 0.667. The number of ether oxygens (including phenoxy) is 1. The van der Waals surface area contributed by atoms with Gasteiger partial charge in [0.05, 0.1) is 31.2 Å². The van der Waals surface area contributed by atoms with E-state index in [1.807, 2.05) is 6.92 Å². The first-order valence-electron chi connectivity index (χ1n) is 10.0. The predicted molar refractivity (Wildman–Crippen MR) is 112 cm³/mol. The number of nitrogens with two attached hydrogens (primary N) is 1. The second-order valence-electron chi connectivity index (χ2n) is 8.03. The van der Waals surface area contributed by atoms with Crippen molar-refractivity contribution in [2.75, 3.05) is 12.3 Å². The van der Waals surface area contributed by atoms with Gasteiger partial charge in [0.2, 0.25) is 0 Å². The monoisotopic (exact) mass is 456 g/mol. The van der Waals surface area contributed by atoms with E-state index in [4.69, 9.17) is 15.0 Å². The fourth-order valence-corrected chi connectivity index (χ4v) is 4.77. The summed E-state index contributed by atoms with van der Waals surface area (Å²) < 4.78 is 24.4. The van der Waals surface area contributed by atoms with Gasteiger partial charge in [0.15, 0.2) is 11.5 Å². The number of hydrogen-bond donors (Lipinski definition) is 4. The van der Waals surface area contributed by atoms with Crippen LogP contribution < -0.4 is 10.8 Å². The summed E-state index contributed by atoms with van der Waals surface area (Å²) in [5.41, 5.74) is 6.69. The number of aliphatic hydroxyl groups is 2. The standard InChI is InChI=1S/C18H29N6O6P/c1-8(2)30-18(27)10(4)23-31(28)29-5-11-9(3)13(15(26)14(11)25)24-7-22-12-16(19)20-6-21-17(12)24/h6-11,13-15,25-26,31H,5H2,1-4H3,(H,23,28)(H2,19,20,21)/t9?,10-,11-,13+,14+,15-/m0/s1. The quantitative estimate of drug-likeness (QED) is 0.317. The van der Waals surface area contributed by atoms with E-state index in [1.165, 1.54) is 19.6 Å². The third-order valence-electron chi connectivity index (χ3n) is 5.51. The van der Waals surface area contributed by atoms with Gasteiger partial charge in [-0.1, -0.05) is 6.92 Å². The van der Waals surface area contributed by atoms with Crippen LogP contribution in [-0.2, 0) is 18.6 Å². The number of aromatic nitrogens is 4. The van der Waals surface area contributed by atoms with Crippen molar-refractivity contribution in [3.63, 3.8) is 0 Å². The molecular weight excluding hydrogens is 427 g/mol. The summed E-state index contributed by atoms with van der Waals surface area (Å²) >= 11 is 0. The molecule has 0 aliphatic heterocycles. The van der Waals surface area contributed by atoms with E-state index < -0.39 is 44.4 Å². The van der Waals surface area contributed by atoms with Crippen molar-refractivity contribution in [2.45, 2.75) is 58.1 Å². The van der Waals surface area contributed by atoms with E-state index in [0.717, 1.165) is 0 Å². The number of nitrogens with one attached hydrogen (secondary N) is 1. The first-order chi connectivity index (χ1) is 14.6. The van der Waals surface area contributed by atoms with Crippen LogP contribution in [0.3, 0.4) is 0 Å². The van der Waals surface area contributed by atoms with Crippen molar-refractivity contribution in [3.05, 3.63) is 12.7 Å². The number of nitrogens with zero attached hydrogens (tertiary/aromatic N) is 4. The summed E-state index contributed by atoms with van der Waals surface area (Å²) in [7, 11) is -2.78. The lowest BCUT2D eigenvalue weighted by molar-refractivity contribution is -0.149. The number of rotatable bonds is 8. The first kappa shape index (κ1) is 23.6. The van der Waals surface area contributed by atoms with E-state index in [2.05, 4.69) is 20.0 Å². The predicted octanol–water partition coefficient (Wildman–Crippen LogP) is 0.273. The molecule has 2 aromatic rings. The molecule has 1 saturated carbocycles. The number of anilines is 1. The number of esters is 1. The number of aliphatic hydroxyl groups excluding tert-OH is 2. The molecule has 12 nitrogen and oxygen atoms in total. The van der Waals surface area contributed by atoms with Gasteiger partial charge < -0.3 is 29.8 Å². The van der Waals surface area contributed by atoms with Gasteiger partial charge in [0, 0.05) is 5.92 Å². The zero-order valence-corrected chi connectivity index (χ0v) is 18.8. The summed E-state index contributed by atoms with van der Waals surface area (Å²) in [6.45, 7) is 6.75. The number of carbonyl (C=O) groups excluding carboxylic acids is 1. The third-order valence-corrected chi connectivity index (χ3v) is 6.61. The Morgan fingerprint density at radius 3 is 2.68 bits per heavy atom. The average molecular weight is 456 g/mol. The highest BCUT2D eigenvalue weighted by Crippen LogP contribution is 2.43. The third kappa shape index (κ3) is 4.88. The Kier molecular flexibility index (Phi) is 7.28. The number of imidazole rings is 1.